The number of aromatic carboxylic acids is 1. The van der Waals surface area contributed by atoms with Gasteiger partial charge >= 0.3 is 11.7 Å². The minimum atomic E-state index is -1.18. The van der Waals surface area contributed by atoms with Crippen molar-refractivity contribution in [1.29, 1.82) is 0 Å². The molecule has 1 heterocycles. The van der Waals surface area contributed by atoms with Gasteiger partial charge in [-0.05, 0) is 35.9 Å². The zero-order valence-electron chi connectivity index (χ0n) is 13.1. The molecule has 8 heteroatoms. The first-order valence-corrected chi connectivity index (χ1v) is 7.34. The molecule has 3 aromatic rings. The molecule has 0 aliphatic rings. The van der Waals surface area contributed by atoms with Gasteiger partial charge < -0.3 is 10.2 Å². The molecule has 0 saturated heterocycles. The molecule has 0 fully saturated rings. The standard InChI is InChI=1S/C18H11FN2O5/c19-11-3-5-13-14(18(23)24)9-12(20-15(13)8-11)4-1-10-2-6-17(22)16(7-10)21(25)26/h1-9,22H,(H,23,24)/b4-1+. The summed E-state index contributed by atoms with van der Waals surface area (Å²) in [6.45, 7) is 0. The lowest BCUT2D eigenvalue weighted by Crippen LogP contribution is -2.00. The van der Waals surface area contributed by atoms with Crippen LogP contribution in [0.15, 0.2) is 42.5 Å². The highest BCUT2D eigenvalue weighted by Crippen LogP contribution is 2.27. The number of fused-ring (bicyclic) bond motifs is 1. The molecule has 0 atom stereocenters. The van der Waals surface area contributed by atoms with Gasteiger partial charge in [-0.2, -0.15) is 0 Å². The van der Waals surface area contributed by atoms with Gasteiger partial charge in [0, 0.05) is 17.5 Å². The first kappa shape index (κ1) is 17.0. The summed E-state index contributed by atoms with van der Waals surface area (Å²) >= 11 is 0. The monoisotopic (exact) mass is 354 g/mol. The molecule has 0 unspecified atom stereocenters. The largest absolute Gasteiger partial charge is 0.502 e. The van der Waals surface area contributed by atoms with Gasteiger partial charge in [0.1, 0.15) is 5.82 Å². The van der Waals surface area contributed by atoms with Crippen molar-refractivity contribution in [2.45, 2.75) is 0 Å². The third-order valence-corrected chi connectivity index (χ3v) is 3.66. The van der Waals surface area contributed by atoms with Crippen LogP contribution in [0.25, 0.3) is 23.1 Å². The molecule has 0 radical (unpaired) electrons. The molecule has 26 heavy (non-hydrogen) atoms. The maximum Gasteiger partial charge on any atom is 0.336 e. The minimum Gasteiger partial charge on any atom is -0.502 e. The van der Waals surface area contributed by atoms with E-state index >= 15 is 0 Å². The van der Waals surface area contributed by atoms with Gasteiger partial charge in [0.05, 0.1) is 21.7 Å². The molecule has 2 N–H and O–H groups in total. The number of benzene rings is 2. The van der Waals surface area contributed by atoms with E-state index in [1.165, 1.54) is 42.5 Å². The number of nitro benzene ring substituents is 1. The summed E-state index contributed by atoms with van der Waals surface area (Å²) in [5.41, 5.74) is 0.350. The van der Waals surface area contributed by atoms with Crippen LogP contribution in [0.1, 0.15) is 21.6 Å². The second kappa shape index (κ2) is 6.60. The summed E-state index contributed by atoms with van der Waals surface area (Å²) < 4.78 is 13.4. The smallest absolute Gasteiger partial charge is 0.336 e. The minimum absolute atomic E-state index is 0.0358. The summed E-state index contributed by atoms with van der Waals surface area (Å²) in [4.78, 5) is 25.8. The summed E-state index contributed by atoms with van der Waals surface area (Å²) in [7, 11) is 0. The van der Waals surface area contributed by atoms with Crippen LogP contribution in [0.2, 0.25) is 0 Å². The van der Waals surface area contributed by atoms with Crippen LogP contribution in [-0.4, -0.2) is 26.1 Å². The van der Waals surface area contributed by atoms with E-state index in [2.05, 4.69) is 4.98 Å². The van der Waals surface area contributed by atoms with Crippen LogP contribution < -0.4 is 0 Å². The van der Waals surface area contributed by atoms with E-state index in [-0.39, 0.29) is 16.8 Å². The molecule has 0 amide bonds. The second-order valence-electron chi connectivity index (χ2n) is 5.40. The molecule has 3 rings (SSSR count). The average molecular weight is 354 g/mol. The van der Waals surface area contributed by atoms with Crippen LogP contribution >= 0.6 is 0 Å². The van der Waals surface area contributed by atoms with Crippen LogP contribution in [0, 0.1) is 15.9 Å². The Balaban J connectivity index is 2.06. The van der Waals surface area contributed by atoms with Crippen molar-refractivity contribution in [2.24, 2.45) is 0 Å². The van der Waals surface area contributed by atoms with Crippen molar-refractivity contribution >= 4 is 34.7 Å². The van der Waals surface area contributed by atoms with Crippen molar-refractivity contribution in [3.05, 3.63) is 75.2 Å². The number of hydrogen-bond acceptors (Lipinski definition) is 5. The number of nitro groups is 1. The summed E-state index contributed by atoms with van der Waals surface area (Å²) in [6, 6.07) is 8.77. The maximum absolute atomic E-state index is 13.4. The Hall–Kier alpha value is -3.81. The first-order valence-electron chi connectivity index (χ1n) is 7.34. The van der Waals surface area contributed by atoms with Gasteiger partial charge in [-0.3, -0.25) is 10.1 Å². The molecule has 2 aromatic carbocycles. The number of halogens is 1. The van der Waals surface area contributed by atoms with E-state index < -0.39 is 28.1 Å². The number of carboxylic acids is 1. The van der Waals surface area contributed by atoms with Crippen LogP contribution in [0.4, 0.5) is 10.1 Å². The van der Waals surface area contributed by atoms with Gasteiger partial charge in [0.15, 0.2) is 5.75 Å². The lowest BCUT2D eigenvalue weighted by atomic mass is 10.1. The number of rotatable bonds is 4. The number of hydrogen-bond donors (Lipinski definition) is 2. The van der Waals surface area contributed by atoms with Crippen LogP contribution in [-0.2, 0) is 0 Å². The Morgan fingerprint density at radius 1 is 1.15 bits per heavy atom. The van der Waals surface area contributed by atoms with E-state index in [4.69, 9.17) is 0 Å². The van der Waals surface area contributed by atoms with Crippen molar-refractivity contribution in [3.63, 3.8) is 0 Å². The Labute approximate surface area is 145 Å². The van der Waals surface area contributed by atoms with Crippen molar-refractivity contribution in [3.8, 4) is 5.75 Å². The fourth-order valence-corrected chi connectivity index (χ4v) is 2.46. The zero-order chi connectivity index (χ0) is 18.8. The van der Waals surface area contributed by atoms with E-state index in [1.54, 1.807) is 0 Å². The van der Waals surface area contributed by atoms with E-state index in [9.17, 15) is 29.5 Å². The molecule has 0 saturated carbocycles. The SMILES string of the molecule is O=C(O)c1cc(/C=C/c2ccc(O)c([N+](=O)[O-])c2)nc2cc(F)ccc12. The van der Waals surface area contributed by atoms with Crippen molar-refractivity contribution in [2.75, 3.05) is 0 Å². The Morgan fingerprint density at radius 2 is 1.92 bits per heavy atom. The molecule has 0 spiro atoms. The fourth-order valence-electron chi connectivity index (χ4n) is 2.46. The third kappa shape index (κ3) is 3.34. The summed E-state index contributed by atoms with van der Waals surface area (Å²) in [5, 5.41) is 30.0. The van der Waals surface area contributed by atoms with E-state index in [0.717, 1.165) is 12.1 Å². The number of carbonyl (C=O) groups is 1. The molecular formula is C18H11FN2O5. The quantitative estimate of drug-likeness (QED) is 0.543. The van der Waals surface area contributed by atoms with Crippen molar-refractivity contribution in [1.82, 2.24) is 4.98 Å². The van der Waals surface area contributed by atoms with Gasteiger partial charge in [0.25, 0.3) is 0 Å². The molecular weight excluding hydrogens is 343 g/mol. The summed E-state index contributed by atoms with van der Waals surface area (Å²) in [5.74, 6) is -2.19. The molecule has 0 aliphatic carbocycles. The highest BCUT2D eigenvalue weighted by atomic mass is 19.1. The number of phenols is 1. The molecule has 0 bridgehead atoms. The van der Waals surface area contributed by atoms with Crippen LogP contribution in [0.5, 0.6) is 5.75 Å². The van der Waals surface area contributed by atoms with E-state index in [1.807, 2.05) is 0 Å². The number of aromatic hydroxyl groups is 1. The molecule has 1 aromatic heterocycles. The predicted octanol–water partition coefficient (Wildman–Crippen LogP) is 3.86. The maximum atomic E-state index is 13.4. The van der Waals surface area contributed by atoms with Crippen molar-refractivity contribution < 1.29 is 24.3 Å². The highest BCUT2D eigenvalue weighted by molar-refractivity contribution is 6.03. The number of nitrogens with zero attached hydrogens (tertiary/aromatic N) is 2. The number of pyridine rings is 1. The lowest BCUT2D eigenvalue weighted by Gasteiger charge is -2.04. The Kier molecular flexibility index (Phi) is 4.32. The predicted molar refractivity (Wildman–Crippen MR) is 92.3 cm³/mol. The topological polar surface area (TPSA) is 114 Å². The van der Waals surface area contributed by atoms with Gasteiger partial charge in [-0.1, -0.05) is 12.1 Å². The number of phenolic OH excluding ortho intramolecular Hbond substituents is 1. The second-order valence-corrected chi connectivity index (χ2v) is 5.40. The van der Waals surface area contributed by atoms with Gasteiger partial charge in [-0.25, -0.2) is 14.2 Å². The lowest BCUT2D eigenvalue weighted by molar-refractivity contribution is -0.385. The van der Waals surface area contributed by atoms with Gasteiger partial charge in [0.2, 0.25) is 0 Å². The molecule has 130 valence electrons. The number of aromatic nitrogens is 1. The Morgan fingerprint density at radius 3 is 2.62 bits per heavy atom. The van der Waals surface area contributed by atoms with Gasteiger partial charge in [-0.15, -0.1) is 0 Å². The fraction of sp³-hybridized carbons (Fsp3) is 0. The molecule has 0 aliphatic heterocycles. The molecule has 7 nitrogen and oxygen atoms in total. The van der Waals surface area contributed by atoms with E-state index in [0.29, 0.717) is 10.9 Å². The first-order chi connectivity index (χ1) is 12.3. The highest BCUT2D eigenvalue weighted by Gasteiger charge is 2.13. The summed E-state index contributed by atoms with van der Waals surface area (Å²) in [6.07, 6.45) is 2.93. The average Bonchev–Trinajstić information content (AvgIpc) is 2.59. The Bertz CT molecular complexity index is 1080. The third-order valence-electron chi connectivity index (χ3n) is 3.66. The zero-order valence-corrected chi connectivity index (χ0v) is 13.1. The normalized spacial score (nSPS) is 11.1. The number of carboxylic acid groups (broad SMARTS) is 1. The van der Waals surface area contributed by atoms with Crippen LogP contribution in [0.3, 0.4) is 0 Å².